The van der Waals surface area contributed by atoms with Crippen LogP contribution in [0.1, 0.15) is 42.9 Å². The zero-order chi connectivity index (χ0) is 21.6. The molecule has 1 saturated heterocycles. The van der Waals surface area contributed by atoms with Crippen molar-refractivity contribution in [2.75, 3.05) is 38.1 Å². The molecular weight excluding hydrogens is 386 g/mol. The molecule has 1 atom stereocenters. The number of ether oxygens (including phenoxy) is 1. The third-order valence-corrected chi connectivity index (χ3v) is 6.53. The molecule has 0 radical (unpaired) electrons. The summed E-state index contributed by atoms with van der Waals surface area (Å²) in [6, 6.07) is 14.8. The molecule has 166 valence electrons. The summed E-state index contributed by atoms with van der Waals surface area (Å²) in [6.07, 6.45) is 4.95. The number of rotatable bonds is 7. The van der Waals surface area contributed by atoms with E-state index in [1.54, 1.807) is 0 Å². The second kappa shape index (κ2) is 10.2. The zero-order valence-electron chi connectivity index (χ0n) is 18.9. The van der Waals surface area contributed by atoms with Crippen molar-refractivity contribution in [3.8, 4) is 5.75 Å². The molecule has 1 unspecified atom stereocenters. The summed E-state index contributed by atoms with van der Waals surface area (Å²) in [7, 11) is 2.17. The summed E-state index contributed by atoms with van der Waals surface area (Å²) in [5.41, 5.74) is 5.16. The molecule has 0 aromatic heterocycles. The van der Waals surface area contributed by atoms with Gasteiger partial charge in [0.05, 0.1) is 0 Å². The van der Waals surface area contributed by atoms with Gasteiger partial charge in [0.25, 0.3) is 5.91 Å². The van der Waals surface area contributed by atoms with Crippen LogP contribution in [0.4, 0.5) is 5.69 Å². The van der Waals surface area contributed by atoms with E-state index in [2.05, 4.69) is 58.6 Å². The molecule has 1 fully saturated rings. The Morgan fingerprint density at radius 2 is 1.71 bits per heavy atom. The van der Waals surface area contributed by atoms with E-state index in [0.717, 1.165) is 50.3 Å². The lowest BCUT2D eigenvalue weighted by Crippen LogP contribution is -2.44. The Balaban J connectivity index is 1.30. The Labute approximate surface area is 186 Å². The topological polar surface area (TPSA) is 44.8 Å². The average Bonchev–Trinajstić information content (AvgIpc) is 2.82. The van der Waals surface area contributed by atoms with Crippen LogP contribution in [-0.2, 0) is 24.2 Å². The highest BCUT2D eigenvalue weighted by Gasteiger charge is 2.19. The summed E-state index contributed by atoms with van der Waals surface area (Å²) < 4.78 is 6.06. The Morgan fingerprint density at radius 1 is 1.00 bits per heavy atom. The number of nitrogens with zero attached hydrogens (tertiary/aromatic N) is 2. The highest BCUT2D eigenvalue weighted by Crippen LogP contribution is 2.26. The minimum Gasteiger partial charge on any atom is -0.481 e. The van der Waals surface area contributed by atoms with Gasteiger partial charge in [0.15, 0.2) is 6.10 Å². The van der Waals surface area contributed by atoms with Crippen LogP contribution >= 0.6 is 0 Å². The minimum atomic E-state index is -0.466. The highest BCUT2D eigenvalue weighted by molar-refractivity contribution is 5.81. The molecule has 0 bridgehead atoms. The van der Waals surface area contributed by atoms with E-state index in [1.165, 1.54) is 29.7 Å². The molecule has 1 aliphatic heterocycles. The fourth-order valence-corrected chi connectivity index (χ4v) is 4.46. The minimum absolute atomic E-state index is 0.0524. The number of benzene rings is 2. The van der Waals surface area contributed by atoms with Gasteiger partial charge in [0.1, 0.15) is 5.75 Å². The molecule has 1 amide bonds. The van der Waals surface area contributed by atoms with Crippen LogP contribution in [-0.4, -0.2) is 50.1 Å². The predicted octanol–water partition coefficient (Wildman–Crippen LogP) is 3.79. The molecule has 31 heavy (non-hydrogen) atoms. The van der Waals surface area contributed by atoms with Crippen molar-refractivity contribution < 1.29 is 9.53 Å². The number of likely N-dealkylation sites (N-methyl/N-ethyl adjacent to an activating group) is 1. The van der Waals surface area contributed by atoms with Crippen LogP contribution in [0.15, 0.2) is 42.5 Å². The number of piperazine rings is 1. The summed E-state index contributed by atoms with van der Waals surface area (Å²) in [5.74, 6) is 0.752. The van der Waals surface area contributed by atoms with Gasteiger partial charge in [-0.25, -0.2) is 0 Å². The molecule has 5 heteroatoms. The lowest BCUT2D eigenvalue weighted by Gasteiger charge is -2.34. The monoisotopic (exact) mass is 421 g/mol. The van der Waals surface area contributed by atoms with Crippen molar-refractivity contribution in [2.45, 2.75) is 51.7 Å². The number of hydrogen-bond donors (Lipinski definition) is 1. The predicted molar refractivity (Wildman–Crippen MR) is 126 cm³/mol. The maximum Gasteiger partial charge on any atom is 0.261 e. The quantitative estimate of drug-likeness (QED) is 0.739. The Bertz CT molecular complexity index is 873. The number of hydrogen-bond acceptors (Lipinski definition) is 4. The van der Waals surface area contributed by atoms with Crippen LogP contribution in [0.3, 0.4) is 0 Å². The largest absolute Gasteiger partial charge is 0.481 e. The number of aryl methyl sites for hydroxylation is 2. The third-order valence-electron chi connectivity index (χ3n) is 6.53. The van der Waals surface area contributed by atoms with Crippen molar-refractivity contribution >= 4 is 11.6 Å². The fraction of sp³-hybridized carbons (Fsp3) is 0.500. The highest BCUT2D eigenvalue weighted by atomic mass is 16.5. The van der Waals surface area contributed by atoms with E-state index in [1.807, 2.05) is 13.0 Å². The summed E-state index contributed by atoms with van der Waals surface area (Å²) in [4.78, 5) is 17.5. The van der Waals surface area contributed by atoms with Crippen LogP contribution in [0, 0.1) is 0 Å². The normalized spacial score (nSPS) is 17.7. The Morgan fingerprint density at radius 3 is 2.42 bits per heavy atom. The van der Waals surface area contributed by atoms with E-state index in [4.69, 9.17) is 4.74 Å². The Kier molecular flexibility index (Phi) is 7.13. The van der Waals surface area contributed by atoms with Crippen molar-refractivity contribution in [1.29, 1.82) is 0 Å². The number of fused-ring (bicyclic) bond motifs is 1. The number of carbonyl (C=O) groups excluding carboxylic acids is 1. The van der Waals surface area contributed by atoms with Crippen molar-refractivity contribution in [3.05, 3.63) is 59.2 Å². The van der Waals surface area contributed by atoms with Crippen LogP contribution < -0.4 is 15.0 Å². The molecule has 5 nitrogen and oxygen atoms in total. The number of amides is 1. The summed E-state index contributed by atoms with van der Waals surface area (Å²) in [5, 5.41) is 3.05. The first-order valence-electron chi connectivity index (χ1n) is 11.7. The molecule has 2 aliphatic rings. The van der Waals surface area contributed by atoms with Gasteiger partial charge < -0.3 is 19.9 Å². The maximum absolute atomic E-state index is 12.7. The molecule has 1 N–H and O–H groups in total. The van der Waals surface area contributed by atoms with Crippen LogP contribution in [0.25, 0.3) is 0 Å². The number of anilines is 1. The lowest BCUT2D eigenvalue weighted by atomic mass is 9.92. The molecule has 1 aliphatic carbocycles. The average molecular weight is 422 g/mol. The van der Waals surface area contributed by atoms with Crippen LogP contribution in [0.5, 0.6) is 5.75 Å². The van der Waals surface area contributed by atoms with Gasteiger partial charge in [0.2, 0.25) is 0 Å². The van der Waals surface area contributed by atoms with Gasteiger partial charge in [-0.15, -0.1) is 0 Å². The third kappa shape index (κ3) is 5.59. The van der Waals surface area contributed by atoms with Gasteiger partial charge in [-0.1, -0.05) is 25.1 Å². The van der Waals surface area contributed by atoms with Gasteiger partial charge >= 0.3 is 0 Å². The second-order valence-corrected chi connectivity index (χ2v) is 8.83. The summed E-state index contributed by atoms with van der Waals surface area (Å²) >= 11 is 0. The maximum atomic E-state index is 12.7. The van der Waals surface area contributed by atoms with Crippen molar-refractivity contribution in [1.82, 2.24) is 10.2 Å². The Hall–Kier alpha value is -2.53. The first-order valence-corrected chi connectivity index (χ1v) is 11.7. The summed E-state index contributed by atoms with van der Waals surface area (Å²) in [6.45, 7) is 6.83. The standard InChI is InChI=1S/C26H35N3O2/c1-3-25(31-24-13-10-21-6-4-5-7-22(21)18-24)26(30)27-19-20-8-11-23(12-9-20)29-16-14-28(2)15-17-29/h8-13,18,25H,3-7,14-17,19H2,1-2H3,(H,27,30). The first-order chi connectivity index (χ1) is 15.1. The van der Waals surface area contributed by atoms with E-state index >= 15 is 0 Å². The van der Waals surface area contributed by atoms with E-state index < -0.39 is 6.10 Å². The zero-order valence-corrected chi connectivity index (χ0v) is 18.9. The smallest absolute Gasteiger partial charge is 0.261 e. The van der Waals surface area contributed by atoms with Gasteiger partial charge in [-0.3, -0.25) is 4.79 Å². The van der Waals surface area contributed by atoms with Gasteiger partial charge in [-0.2, -0.15) is 0 Å². The number of carbonyl (C=O) groups is 1. The van der Waals surface area contributed by atoms with Gasteiger partial charge in [0, 0.05) is 38.4 Å². The van der Waals surface area contributed by atoms with E-state index in [9.17, 15) is 4.79 Å². The fourth-order valence-electron chi connectivity index (χ4n) is 4.46. The van der Waals surface area contributed by atoms with E-state index in [-0.39, 0.29) is 5.91 Å². The molecule has 0 spiro atoms. The van der Waals surface area contributed by atoms with Crippen molar-refractivity contribution in [2.24, 2.45) is 0 Å². The molecule has 1 heterocycles. The molecule has 4 rings (SSSR count). The molecule has 2 aromatic rings. The van der Waals surface area contributed by atoms with Crippen molar-refractivity contribution in [3.63, 3.8) is 0 Å². The molecule has 2 aromatic carbocycles. The molecular formula is C26H35N3O2. The second-order valence-electron chi connectivity index (χ2n) is 8.83. The SMILES string of the molecule is CCC(Oc1ccc2c(c1)CCCC2)C(=O)NCc1ccc(N2CCN(C)CC2)cc1. The van der Waals surface area contributed by atoms with Gasteiger partial charge in [-0.05, 0) is 80.1 Å². The van der Waals surface area contributed by atoms with Crippen LogP contribution in [0.2, 0.25) is 0 Å². The van der Waals surface area contributed by atoms with E-state index in [0.29, 0.717) is 13.0 Å². The molecule has 0 saturated carbocycles. The first kappa shape index (κ1) is 21.7. The number of nitrogens with one attached hydrogen (secondary N) is 1. The lowest BCUT2D eigenvalue weighted by molar-refractivity contribution is -0.128.